The van der Waals surface area contributed by atoms with Crippen molar-refractivity contribution in [3.05, 3.63) is 22.8 Å². The molecule has 0 radical (unpaired) electrons. The highest BCUT2D eigenvalue weighted by Crippen LogP contribution is 2.46. The van der Waals surface area contributed by atoms with Crippen LogP contribution in [-0.2, 0) is 0 Å². The second kappa shape index (κ2) is 3.20. The highest BCUT2D eigenvalue weighted by molar-refractivity contribution is 9.10. The fourth-order valence-electron chi connectivity index (χ4n) is 1.80. The van der Waals surface area contributed by atoms with Gasteiger partial charge in [-0.25, -0.2) is 4.52 Å². The van der Waals surface area contributed by atoms with E-state index in [1.54, 1.807) is 4.52 Å². The third-order valence-corrected chi connectivity index (χ3v) is 3.75. The van der Waals surface area contributed by atoms with Crippen molar-refractivity contribution in [1.82, 2.24) is 14.6 Å². The van der Waals surface area contributed by atoms with Crippen LogP contribution < -0.4 is 5.32 Å². The van der Waals surface area contributed by atoms with Crippen LogP contribution >= 0.6 is 15.9 Å². The predicted octanol–water partition coefficient (Wildman–Crippen LogP) is 2.70. The summed E-state index contributed by atoms with van der Waals surface area (Å²) in [5.74, 6) is 0.711. The van der Waals surface area contributed by atoms with E-state index in [9.17, 15) is 0 Å². The van der Waals surface area contributed by atoms with Crippen LogP contribution in [-0.4, -0.2) is 20.6 Å². The molecule has 1 saturated carbocycles. The van der Waals surface area contributed by atoms with Gasteiger partial charge in [0.25, 0.3) is 0 Å². The van der Waals surface area contributed by atoms with Gasteiger partial charge in [0.05, 0.1) is 4.47 Å². The molecule has 0 bridgehead atoms. The first-order chi connectivity index (χ1) is 7.56. The molecule has 84 valence electrons. The summed E-state index contributed by atoms with van der Waals surface area (Å²) < 4.78 is 2.74. The van der Waals surface area contributed by atoms with E-state index in [1.165, 1.54) is 6.42 Å². The molecule has 1 atom stereocenters. The molecular weight excluding hydrogens is 268 g/mol. The van der Waals surface area contributed by atoms with Crippen molar-refractivity contribution in [2.24, 2.45) is 5.41 Å². The molecule has 16 heavy (non-hydrogen) atoms. The minimum Gasteiger partial charge on any atom is -0.350 e. The molecule has 3 rings (SSSR count). The fraction of sp³-hybridized carbons (Fsp3) is 0.455. The summed E-state index contributed by atoms with van der Waals surface area (Å²) in [6.07, 6.45) is 3.08. The Balaban J connectivity index is 1.91. The molecule has 0 spiro atoms. The minimum atomic E-state index is 0.384. The van der Waals surface area contributed by atoms with Gasteiger partial charge in [-0.3, -0.25) is 0 Å². The Labute approximate surface area is 102 Å². The normalized spacial score (nSPS) is 22.3. The Morgan fingerprint density at radius 3 is 2.94 bits per heavy atom. The number of hydrogen-bond donors (Lipinski definition) is 1. The van der Waals surface area contributed by atoms with Crippen molar-refractivity contribution < 1.29 is 0 Å². The van der Waals surface area contributed by atoms with Gasteiger partial charge in [0, 0.05) is 12.2 Å². The van der Waals surface area contributed by atoms with Crippen LogP contribution in [0.1, 0.15) is 20.3 Å². The third-order valence-electron chi connectivity index (χ3n) is 3.13. The Hall–Kier alpha value is -1.10. The number of nitrogens with zero attached hydrogens (tertiary/aromatic N) is 3. The van der Waals surface area contributed by atoms with Crippen LogP contribution in [0.2, 0.25) is 0 Å². The third kappa shape index (κ3) is 1.59. The first kappa shape index (κ1) is 10.1. The second-order valence-corrected chi connectivity index (χ2v) is 5.80. The summed E-state index contributed by atoms with van der Waals surface area (Å²) in [5, 5.41) is 7.74. The Morgan fingerprint density at radius 1 is 1.56 bits per heavy atom. The van der Waals surface area contributed by atoms with E-state index in [2.05, 4.69) is 45.2 Å². The quantitative estimate of drug-likeness (QED) is 0.920. The van der Waals surface area contributed by atoms with Gasteiger partial charge < -0.3 is 5.32 Å². The van der Waals surface area contributed by atoms with Crippen molar-refractivity contribution in [3.63, 3.8) is 0 Å². The van der Waals surface area contributed by atoms with Gasteiger partial charge in [-0.2, -0.15) is 4.98 Å². The lowest BCUT2D eigenvalue weighted by atomic mass is 10.2. The standard InChI is InChI=1S/C11H13BrN4/c1-11(2)6-8(11)13-10-14-9-7(12)4-3-5-16(9)15-10/h3-5,8H,6H2,1-2H3,(H,13,15). The summed E-state index contributed by atoms with van der Waals surface area (Å²) >= 11 is 3.46. The summed E-state index contributed by atoms with van der Waals surface area (Å²) in [7, 11) is 0. The number of pyridine rings is 1. The molecule has 1 unspecified atom stereocenters. The fourth-order valence-corrected chi connectivity index (χ4v) is 2.23. The van der Waals surface area contributed by atoms with Crippen molar-refractivity contribution in [2.75, 3.05) is 5.32 Å². The maximum absolute atomic E-state index is 4.45. The first-order valence-electron chi connectivity index (χ1n) is 5.34. The van der Waals surface area contributed by atoms with Gasteiger partial charge in [0.1, 0.15) is 0 Å². The van der Waals surface area contributed by atoms with Crippen LogP contribution in [0, 0.1) is 5.41 Å². The van der Waals surface area contributed by atoms with Crippen LogP contribution in [0.3, 0.4) is 0 Å². The molecule has 0 aromatic carbocycles. The zero-order valence-corrected chi connectivity index (χ0v) is 10.8. The zero-order valence-electron chi connectivity index (χ0n) is 9.24. The second-order valence-electron chi connectivity index (χ2n) is 4.95. The lowest BCUT2D eigenvalue weighted by Gasteiger charge is -2.02. The van der Waals surface area contributed by atoms with E-state index in [0.717, 1.165) is 10.1 Å². The van der Waals surface area contributed by atoms with Crippen LogP contribution in [0.5, 0.6) is 0 Å². The van der Waals surface area contributed by atoms with Crippen LogP contribution in [0.25, 0.3) is 5.65 Å². The van der Waals surface area contributed by atoms with E-state index in [1.807, 2.05) is 18.3 Å². The number of nitrogens with one attached hydrogen (secondary N) is 1. The molecule has 2 aromatic rings. The molecule has 2 aromatic heterocycles. The maximum atomic E-state index is 4.45. The Morgan fingerprint density at radius 2 is 2.31 bits per heavy atom. The highest BCUT2D eigenvalue weighted by atomic mass is 79.9. The number of fused-ring (bicyclic) bond motifs is 1. The lowest BCUT2D eigenvalue weighted by Crippen LogP contribution is -2.09. The molecular formula is C11H13BrN4. The first-order valence-corrected chi connectivity index (χ1v) is 6.13. The number of aromatic nitrogens is 3. The van der Waals surface area contributed by atoms with Gasteiger partial charge in [-0.15, -0.1) is 5.10 Å². The molecule has 0 aliphatic heterocycles. The summed E-state index contributed by atoms with van der Waals surface area (Å²) in [4.78, 5) is 4.45. The maximum Gasteiger partial charge on any atom is 0.243 e. The number of hydrogen-bond acceptors (Lipinski definition) is 3. The molecule has 1 N–H and O–H groups in total. The Kier molecular flexibility index (Phi) is 2.01. The zero-order chi connectivity index (χ0) is 11.3. The predicted molar refractivity (Wildman–Crippen MR) is 66.5 cm³/mol. The molecule has 1 fully saturated rings. The largest absolute Gasteiger partial charge is 0.350 e. The lowest BCUT2D eigenvalue weighted by molar-refractivity contribution is 0.629. The van der Waals surface area contributed by atoms with Gasteiger partial charge in [0.15, 0.2) is 5.65 Å². The SMILES string of the molecule is CC1(C)CC1Nc1nc2c(Br)cccn2n1. The number of halogens is 1. The van der Waals surface area contributed by atoms with Gasteiger partial charge in [-0.1, -0.05) is 13.8 Å². The van der Waals surface area contributed by atoms with Crippen molar-refractivity contribution in [3.8, 4) is 0 Å². The van der Waals surface area contributed by atoms with Gasteiger partial charge >= 0.3 is 0 Å². The van der Waals surface area contributed by atoms with E-state index >= 15 is 0 Å². The van der Waals surface area contributed by atoms with E-state index < -0.39 is 0 Å². The molecule has 2 heterocycles. The van der Waals surface area contributed by atoms with E-state index in [0.29, 0.717) is 17.4 Å². The van der Waals surface area contributed by atoms with E-state index in [4.69, 9.17) is 0 Å². The van der Waals surface area contributed by atoms with Gasteiger partial charge in [0.2, 0.25) is 5.95 Å². The molecule has 0 saturated heterocycles. The molecule has 1 aliphatic carbocycles. The minimum absolute atomic E-state index is 0.384. The van der Waals surface area contributed by atoms with Crippen molar-refractivity contribution >= 4 is 27.5 Å². The molecule has 4 nitrogen and oxygen atoms in total. The smallest absolute Gasteiger partial charge is 0.243 e. The summed E-state index contributed by atoms with van der Waals surface area (Å²) in [5.41, 5.74) is 1.23. The van der Waals surface area contributed by atoms with Gasteiger partial charge in [-0.05, 0) is 39.9 Å². The van der Waals surface area contributed by atoms with Crippen molar-refractivity contribution in [1.29, 1.82) is 0 Å². The van der Waals surface area contributed by atoms with Crippen LogP contribution in [0.4, 0.5) is 5.95 Å². The summed E-state index contributed by atoms with van der Waals surface area (Å²) in [6, 6.07) is 4.41. The average Bonchev–Trinajstić information content (AvgIpc) is 2.64. The molecule has 0 amide bonds. The number of anilines is 1. The monoisotopic (exact) mass is 280 g/mol. The molecule has 1 aliphatic rings. The van der Waals surface area contributed by atoms with E-state index in [-0.39, 0.29) is 0 Å². The van der Waals surface area contributed by atoms with Crippen molar-refractivity contribution in [2.45, 2.75) is 26.3 Å². The Bertz CT molecular complexity index is 546. The summed E-state index contributed by atoms with van der Waals surface area (Å²) in [6.45, 7) is 4.49. The number of rotatable bonds is 2. The molecule has 5 heteroatoms. The van der Waals surface area contributed by atoms with Crippen LogP contribution in [0.15, 0.2) is 22.8 Å². The topological polar surface area (TPSA) is 42.2 Å². The average molecular weight is 281 g/mol. The highest BCUT2D eigenvalue weighted by Gasteiger charge is 2.46.